The van der Waals surface area contributed by atoms with Crippen molar-refractivity contribution in [3.63, 3.8) is 0 Å². The van der Waals surface area contributed by atoms with Crippen molar-refractivity contribution in [2.75, 3.05) is 20.1 Å². The largest absolute Gasteiger partial charge is 0.361 e. The van der Waals surface area contributed by atoms with E-state index in [1.807, 2.05) is 18.3 Å². The van der Waals surface area contributed by atoms with Crippen LogP contribution in [0.3, 0.4) is 0 Å². The summed E-state index contributed by atoms with van der Waals surface area (Å²) in [6.45, 7) is 2.34. The number of carbonyl (C=O) groups is 1. The highest BCUT2D eigenvalue weighted by Gasteiger charge is 2.35. The first-order valence-corrected chi connectivity index (χ1v) is 12.6. The molecule has 1 aromatic heterocycles. The Hall–Kier alpha value is -3.41. The van der Waals surface area contributed by atoms with Crippen LogP contribution in [0.4, 0.5) is 0 Å². The molecule has 1 amide bonds. The molecule has 1 fully saturated rings. The number of rotatable bonds is 9. The van der Waals surface area contributed by atoms with Crippen molar-refractivity contribution in [1.82, 2.24) is 20.1 Å². The van der Waals surface area contributed by atoms with Crippen LogP contribution in [0.25, 0.3) is 10.9 Å². The molecule has 1 saturated heterocycles. The Morgan fingerprint density at radius 2 is 1.63 bits per heavy atom. The van der Waals surface area contributed by atoms with E-state index in [9.17, 15) is 4.79 Å². The summed E-state index contributed by atoms with van der Waals surface area (Å²) in [5, 5.41) is 4.69. The second-order valence-electron chi connectivity index (χ2n) is 9.51. The fourth-order valence-electron chi connectivity index (χ4n) is 5.26. The summed E-state index contributed by atoms with van der Waals surface area (Å²) >= 11 is 0. The van der Waals surface area contributed by atoms with Crippen LogP contribution in [-0.4, -0.2) is 53.0 Å². The standard InChI is InChI=1S/C30H34N4O/c1-33(22-24-12-6-3-7-13-24)29(17-16-23-10-4-2-5-11-23)34-19-18-31-28(30(34)35)20-25-21-32-27-15-9-8-14-26(25)27/h2-15,21,28-29,31-32H,16-20,22H2,1H3/t28?,29-/m1/s1. The molecule has 2 heterocycles. The maximum absolute atomic E-state index is 13.8. The second kappa shape index (κ2) is 10.9. The van der Waals surface area contributed by atoms with Crippen molar-refractivity contribution < 1.29 is 4.79 Å². The first-order chi connectivity index (χ1) is 17.2. The van der Waals surface area contributed by atoms with Crippen molar-refractivity contribution in [3.05, 3.63) is 108 Å². The summed E-state index contributed by atoms with van der Waals surface area (Å²) in [5.74, 6) is 0.194. The molecule has 3 aromatic carbocycles. The number of aryl methyl sites for hydroxylation is 1. The van der Waals surface area contributed by atoms with E-state index in [0.29, 0.717) is 6.42 Å². The van der Waals surface area contributed by atoms with Crippen LogP contribution in [0.15, 0.2) is 91.1 Å². The number of aromatic nitrogens is 1. The first kappa shape index (κ1) is 23.3. The predicted molar refractivity (Wildman–Crippen MR) is 142 cm³/mol. The van der Waals surface area contributed by atoms with Crippen molar-refractivity contribution in [3.8, 4) is 0 Å². The molecule has 2 atom stereocenters. The number of H-pyrrole nitrogens is 1. The molecule has 5 nitrogen and oxygen atoms in total. The average Bonchev–Trinajstić information content (AvgIpc) is 3.30. The van der Waals surface area contributed by atoms with E-state index in [2.05, 4.69) is 99.9 Å². The van der Waals surface area contributed by atoms with Gasteiger partial charge in [0.05, 0.1) is 12.2 Å². The molecule has 5 rings (SSSR count). The van der Waals surface area contributed by atoms with Crippen LogP contribution in [0.5, 0.6) is 0 Å². The Bertz CT molecular complexity index is 1240. The number of para-hydroxylation sites is 1. The van der Waals surface area contributed by atoms with Crippen LogP contribution in [0.2, 0.25) is 0 Å². The molecule has 1 aliphatic heterocycles. The van der Waals surface area contributed by atoms with E-state index in [1.54, 1.807) is 0 Å². The van der Waals surface area contributed by atoms with E-state index in [-0.39, 0.29) is 18.1 Å². The van der Waals surface area contributed by atoms with Gasteiger partial charge in [0.15, 0.2) is 0 Å². The molecule has 0 saturated carbocycles. The average molecular weight is 467 g/mol. The zero-order valence-electron chi connectivity index (χ0n) is 20.4. The molecule has 1 aliphatic rings. The Labute approximate surface area is 207 Å². The third kappa shape index (κ3) is 5.47. The number of benzene rings is 3. The minimum Gasteiger partial charge on any atom is -0.361 e. The van der Waals surface area contributed by atoms with Crippen molar-refractivity contribution in [2.45, 2.75) is 38.0 Å². The fraction of sp³-hybridized carbons (Fsp3) is 0.300. The number of aromatic amines is 1. The lowest BCUT2D eigenvalue weighted by Gasteiger charge is -2.42. The van der Waals surface area contributed by atoms with E-state index in [4.69, 9.17) is 0 Å². The molecule has 0 radical (unpaired) electrons. The molecular formula is C30H34N4O. The van der Waals surface area contributed by atoms with Gasteiger partial charge in [0, 0.05) is 36.7 Å². The van der Waals surface area contributed by atoms with Crippen LogP contribution in [0, 0.1) is 0 Å². The number of hydrogen-bond acceptors (Lipinski definition) is 3. The van der Waals surface area contributed by atoms with Gasteiger partial charge in [0.1, 0.15) is 0 Å². The molecule has 0 spiro atoms. The van der Waals surface area contributed by atoms with Crippen molar-refractivity contribution in [1.29, 1.82) is 0 Å². The van der Waals surface area contributed by atoms with Crippen molar-refractivity contribution >= 4 is 16.8 Å². The van der Waals surface area contributed by atoms with Gasteiger partial charge in [-0.2, -0.15) is 0 Å². The number of amides is 1. The van der Waals surface area contributed by atoms with E-state index in [0.717, 1.165) is 38.0 Å². The molecule has 0 aliphatic carbocycles. The summed E-state index contributed by atoms with van der Waals surface area (Å²) in [7, 11) is 2.15. The van der Waals surface area contributed by atoms with Gasteiger partial charge in [0.25, 0.3) is 0 Å². The third-order valence-electron chi connectivity index (χ3n) is 7.10. The lowest BCUT2D eigenvalue weighted by atomic mass is 10.0. The normalized spacial score (nSPS) is 17.3. The Balaban J connectivity index is 1.35. The van der Waals surface area contributed by atoms with Gasteiger partial charge >= 0.3 is 0 Å². The summed E-state index contributed by atoms with van der Waals surface area (Å²) in [6, 6.07) is 29.2. The summed E-state index contributed by atoms with van der Waals surface area (Å²) in [6.07, 6.45) is 4.61. The van der Waals surface area contributed by atoms with Gasteiger partial charge in [-0.1, -0.05) is 78.9 Å². The number of nitrogens with one attached hydrogen (secondary N) is 2. The maximum Gasteiger partial charge on any atom is 0.241 e. The number of hydrogen-bond donors (Lipinski definition) is 2. The van der Waals surface area contributed by atoms with E-state index >= 15 is 0 Å². The SMILES string of the molecule is CN(Cc1ccccc1)[C@@H](CCc1ccccc1)N1CCNC(Cc2c[nH]c3ccccc23)C1=O. The van der Waals surface area contributed by atoms with Crippen LogP contribution < -0.4 is 5.32 Å². The minimum absolute atomic E-state index is 0.0375. The molecule has 0 bridgehead atoms. The Morgan fingerprint density at radius 1 is 0.943 bits per heavy atom. The van der Waals surface area contributed by atoms with Gasteiger partial charge < -0.3 is 15.2 Å². The highest BCUT2D eigenvalue weighted by Crippen LogP contribution is 2.23. The number of piperazine rings is 1. The number of nitrogens with zero attached hydrogens (tertiary/aromatic N) is 2. The Morgan fingerprint density at radius 3 is 2.40 bits per heavy atom. The van der Waals surface area contributed by atoms with Gasteiger partial charge in [-0.15, -0.1) is 0 Å². The van der Waals surface area contributed by atoms with E-state index < -0.39 is 0 Å². The highest BCUT2D eigenvalue weighted by atomic mass is 16.2. The van der Waals surface area contributed by atoms with Gasteiger partial charge in [-0.05, 0) is 49.1 Å². The number of fused-ring (bicyclic) bond motifs is 1. The molecule has 35 heavy (non-hydrogen) atoms. The highest BCUT2D eigenvalue weighted by molar-refractivity contribution is 5.86. The summed E-state index contributed by atoms with van der Waals surface area (Å²) in [5.41, 5.74) is 4.87. The van der Waals surface area contributed by atoms with Gasteiger partial charge in [0.2, 0.25) is 5.91 Å². The van der Waals surface area contributed by atoms with Crippen LogP contribution in [-0.2, 0) is 24.2 Å². The van der Waals surface area contributed by atoms with Crippen LogP contribution in [0.1, 0.15) is 23.1 Å². The monoisotopic (exact) mass is 466 g/mol. The maximum atomic E-state index is 13.8. The zero-order chi connectivity index (χ0) is 24.0. The molecule has 2 N–H and O–H groups in total. The van der Waals surface area contributed by atoms with E-state index in [1.165, 1.54) is 22.1 Å². The second-order valence-corrected chi connectivity index (χ2v) is 9.51. The summed E-state index contributed by atoms with van der Waals surface area (Å²) < 4.78 is 0. The van der Waals surface area contributed by atoms with Gasteiger partial charge in [-0.3, -0.25) is 9.69 Å². The molecule has 4 aromatic rings. The molecule has 180 valence electrons. The quantitative estimate of drug-likeness (QED) is 0.379. The van der Waals surface area contributed by atoms with Gasteiger partial charge in [-0.25, -0.2) is 0 Å². The third-order valence-corrected chi connectivity index (χ3v) is 7.10. The molecule has 1 unspecified atom stereocenters. The lowest BCUT2D eigenvalue weighted by Crippen LogP contribution is -2.61. The smallest absolute Gasteiger partial charge is 0.241 e. The molecular weight excluding hydrogens is 432 g/mol. The molecule has 5 heteroatoms. The Kier molecular flexibility index (Phi) is 7.26. The van der Waals surface area contributed by atoms with Crippen LogP contribution >= 0.6 is 0 Å². The van der Waals surface area contributed by atoms with Crippen molar-refractivity contribution in [2.24, 2.45) is 0 Å². The zero-order valence-corrected chi connectivity index (χ0v) is 20.4. The lowest BCUT2D eigenvalue weighted by molar-refractivity contribution is -0.143. The first-order valence-electron chi connectivity index (χ1n) is 12.6. The topological polar surface area (TPSA) is 51.4 Å². The summed E-state index contributed by atoms with van der Waals surface area (Å²) in [4.78, 5) is 21.6. The minimum atomic E-state index is -0.215. The predicted octanol–water partition coefficient (Wildman–Crippen LogP) is 4.60. The fourth-order valence-corrected chi connectivity index (χ4v) is 5.26. The number of carbonyl (C=O) groups excluding carboxylic acids is 1.